The summed E-state index contributed by atoms with van der Waals surface area (Å²) < 4.78 is 32.7. The van der Waals surface area contributed by atoms with Crippen LogP contribution in [0.1, 0.15) is 34.3 Å². The van der Waals surface area contributed by atoms with E-state index in [1.807, 2.05) is 24.0 Å². The van der Waals surface area contributed by atoms with Gasteiger partial charge in [0.1, 0.15) is 0 Å². The van der Waals surface area contributed by atoms with Crippen molar-refractivity contribution in [1.29, 1.82) is 0 Å². The molecule has 7 nitrogen and oxygen atoms in total. The van der Waals surface area contributed by atoms with Crippen LogP contribution >= 0.6 is 0 Å². The molecule has 1 saturated carbocycles. The second-order valence-corrected chi connectivity index (χ2v) is 9.46. The van der Waals surface area contributed by atoms with E-state index in [1.54, 1.807) is 24.5 Å². The fourth-order valence-electron chi connectivity index (χ4n) is 3.52. The van der Waals surface area contributed by atoms with Gasteiger partial charge >= 0.3 is 0 Å². The molecule has 1 aromatic heterocycles. The molecule has 4 rings (SSSR count). The van der Waals surface area contributed by atoms with Gasteiger partial charge in [-0.25, -0.2) is 8.42 Å². The number of sulfonamides is 1. The Morgan fingerprint density at radius 1 is 1.24 bits per heavy atom. The summed E-state index contributed by atoms with van der Waals surface area (Å²) in [6.45, 7) is 3.74. The summed E-state index contributed by atoms with van der Waals surface area (Å²) in [5, 5.41) is 0. The first-order valence-corrected chi connectivity index (χ1v) is 11.3. The number of benzene rings is 1. The van der Waals surface area contributed by atoms with Crippen molar-refractivity contribution >= 4 is 15.9 Å². The Labute approximate surface area is 171 Å². The van der Waals surface area contributed by atoms with Gasteiger partial charge in [0.25, 0.3) is 5.91 Å². The molecule has 1 saturated heterocycles. The van der Waals surface area contributed by atoms with Crippen LogP contribution < -0.4 is 0 Å². The van der Waals surface area contributed by atoms with E-state index < -0.39 is 10.0 Å². The van der Waals surface area contributed by atoms with E-state index in [0.29, 0.717) is 38.4 Å². The molecule has 0 spiro atoms. The minimum absolute atomic E-state index is 0.132. The largest absolute Gasteiger partial charge is 0.379 e. The number of nitrogens with zero attached hydrogens (tertiary/aromatic N) is 3. The van der Waals surface area contributed by atoms with Gasteiger partial charge in [0.05, 0.1) is 18.1 Å². The summed E-state index contributed by atoms with van der Waals surface area (Å²) >= 11 is 0. The summed E-state index contributed by atoms with van der Waals surface area (Å²) in [6.07, 6.45) is 5.40. The van der Waals surface area contributed by atoms with Gasteiger partial charge in [0.15, 0.2) is 0 Å². The van der Waals surface area contributed by atoms with Gasteiger partial charge in [0.2, 0.25) is 10.0 Å². The van der Waals surface area contributed by atoms with Crippen molar-refractivity contribution in [3.05, 3.63) is 59.4 Å². The number of pyridine rings is 1. The highest BCUT2D eigenvalue weighted by atomic mass is 32.2. The topological polar surface area (TPSA) is 79.8 Å². The van der Waals surface area contributed by atoms with Gasteiger partial charge in [-0.1, -0.05) is 12.1 Å². The second kappa shape index (κ2) is 8.22. The van der Waals surface area contributed by atoms with E-state index in [-0.39, 0.29) is 16.8 Å². The van der Waals surface area contributed by atoms with Gasteiger partial charge < -0.3 is 9.64 Å². The number of aromatic nitrogens is 1. The van der Waals surface area contributed by atoms with E-state index in [4.69, 9.17) is 4.74 Å². The Bertz CT molecular complexity index is 984. The molecule has 0 bridgehead atoms. The number of carbonyl (C=O) groups is 1. The molecule has 1 aliphatic carbocycles. The van der Waals surface area contributed by atoms with E-state index in [1.165, 1.54) is 10.4 Å². The average molecular weight is 416 g/mol. The predicted octanol–water partition coefficient (Wildman–Crippen LogP) is 2.22. The normalized spacial score (nSPS) is 17.8. The Hall–Kier alpha value is -2.29. The molecule has 0 N–H and O–H groups in total. The lowest BCUT2D eigenvalue weighted by molar-refractivity contribution is 0.0724. The highest BCUT2D eigenvalue weighted by Gasteiger charge is 2.34. The predicted molar refractivity (Wildman–Crippen MR) is 108 cm³/mol. The first-order chi connectivity index (χ1) is 14.0. The standard InChI is InChI=1S/C21H25N3O4S/c1-16-4-7-19(29(26,27)23-9-11-28-12-10-23)13-20(16)21(25)24(18-5-6-18)15-17-3-2-8-22-14-17/h2-4,7-8,13-14,18H,5-6,9-12,15H2,1H3. The molecule has 2 aliphatic rings. The Kier molecular flexibility index (Phi) is 5.67. The van der Waals surface area contributed by atoms with Crippen molar-refractivity contribution in [2.24, 2.45) is 0 Å². The molecule has 2 fully saturated rings. The van der Waals surface area contributed by atoms with Gasteiger partial charge in [-0.3, -0.25) is 9.78 Å². The van der Waals surface area contributed by atoms with Crippen LogP contribution in [0, 0.1) is 6.92 Å². The van der Waals surface area contributed by atoms with Gasteiger partial charge in [-0.2, -0.15) is 4.31 Å². The molecule has 0 radical (unpaired) electrons. The van der Waals surface area contributed by atoms with Gasteiger partial charge in [-0.15, -0.1) is 0 Å². The Morgan fingerprint density at radius 3 is 2.66 bits per heavy atom. The number of hydrogen-bond donors (Lipinski definition) is 0. The van der Waals surface area contributed by atoms with Crippen LogP contribution in [0.3, 0.4) is 0 Å². The lowest BCUT2D eigenvalue weighted by Gasteiger charge is -2.27. The highest BCUT2D eigenvalue weighted by Crippen LogP contribution is 2.31. The molecular weight excluding hydrogens is 390 g/mol. The number of ether oxygens (including phenoxy) is 1. The lowest BCUT2D eigenvalue weighted by Crippen LogP contribution is -2.40. The van der Waals surface area contributed by atoms with Crippen molar-refractivity contribution in [1.82, 2.24) is 14.2 Å². The number of carbonyl (C=O) groups excluding carboxylic acids is 1. The molecule has 0 unspecified atom stereocenters. The number of morpholine rings is 1. The molecule has 1 aromatic carbocycles. The van der Waals surface area contributed by atoms with Crippen LogP contribution in [0.2, 0.25) is 0 Å². The minimum atomic E-state index is -3.65. The second-order valence-electron chi connectivity index (χ2n) is 7.52. The van der Waals surface area contributed by atoms with Crippen molar-refractivity contribution < 1.29 is 17.9 Å². The summed E-state index contributed by atoms with van der Waals surface area (Å²) in [6, 6.07) is 8.82. The molecule has 1 amide bonds. The first kappa shape index (κ1) is 20.0. The van der Waals surface area contributed by atoms with Crippen molar-refractivity contribution in [3.63, 3.8) is 0 Å². The SMILES string of the molecule is Cc1ccc(S(=O)(=O)N2CCOCC2)cc1C(=O)N(Cc1cccnc1)C1CC1. The maximum atomic E-state index is 13.4. The quantitative estimate of drug-likeness (QED) is 0.723. The molecule has 0 atom stereocenters. The Balaban J connectivity index is 1.63. The van der Waals surface area contributed by atoms with Gasteiger partial charge in [0, 0.05) is 43.6 Å². The fourth-order valence-corrected chi connectivity index (χ4v) is 4.96. The molecule has 1 aliphatic heterocycles. The van der Waals surface area contributed by atoms with Crippen molar-refractivity contribution in [2.45, 2.75) is 37.2 Å². The monoisotopic (exact) mass is 415 g/mol. The summed E-state index contributed by atoms with van der Waals surface area (Å²) in [7, 11) is -3.65. The van der Waals surface area contributed by atoms with E-state index in [2.05, 4.69) is 4.98 Å². The number of hydrogen-bond acceptors (Lipinski definition) is 5. The third-order valence-corrected chi connectivity index (χ3v) is 7.27. The number of aryl methyl sites for hydroxylation is 1. The zero-order chi connectivity index (χ0) is 20.4. The highest BCUT2D eigenvalue weighted by molar-refractivity contribution is 7.89. The zero-order valence-corrected chi connectivity index (χ0v) is 17.3. The molecule has 154 valence electrons. The molecule has 29 heavy (non-hydrogen) atoms. The minimum Gasteiger partial charge on any atom is -0.379 e. The first-order valence-electron chi connectivity index (χ1n) is 9.85. The fraction of sp³-hybridized carbons (Fsp3) is 0.429. The zero-order valence-electron chi connectivity index (χ0n) is 16.5. The smallest absolute Gasteiger partial charge is 0.254 e. The summed E-state index contributed by atoms with van der Waals surface area (Å²) in [4.78, 5) is 19.5. The van der Waals surface area contributed by atoms with Crippen LogP contribution in [0.4, 0.5) is 0 Å². The third kappa shape index (κ3) is 4.34. The molecule has 2 heterocycles. The van der Waals surface area contributed by atoms with E-state index >= 15 is 0 Å². The van der Waals surface area contributed by atoms with Gasteiger partial charge in [-0.05, 0) is 49.1 Å². The van der Waals surface area contributed by atoms with Crippen molar-refractivity contribution in [2.75, 3.05) is 26.3 Å². The number of amides is 1. The third-order valence-electron chi connectivity index (χ3n) is 5.37. The van der Waals surface area contributed by atoms with Crippen LogP contribution in [-0.4, -0.2) is 60.9 Å². The van der Waals surface area contributed by atoms with Crippen molar-refractivity contribution in [3.8, 4) is 0 Å². The van der Waals surface area contributed by atoms with E-state index in [9.17, 15) is 13.2 Å². The number of rotatable bonds is 6. The Morgan fingerprint density at radius 2 is 2.00 bits per heavy atom. The molecular formula is C21H25N3O4S. The summed E-state index contributed by atoms with van der Waals surface area (Å²) in [5.74, 6) is -0.132. The lowest BCUT2D eigenvalue weighted by atomic mass is 10.1. The molecule has 8 heteroatoms. The average Bonchev–Trinajstić information content (AvgIpc) is 3.58. The van der Waals surface area contributed by atoms with Crippen LogP contribution in [0.25, 0.3) is 0 Å². The van der Waals surface area contributed by atoms with Crippen LogP contribution in [0.5, 0.6) is 0 Å². The maximum Gasteiger partial charge on any atom is 0.254 e. The molecule has 2 aromatic rings. The van der Waals surface area contributed by atoms with Crippen LogP contribution in [-0.2, 0) is 21.3 Å². The summed E-state index contributed by atoms with van der Waals surface area (Å²) in [5.41, 5.74) is 2.17. The van der Waals surface area contributed by atoms with E-state index in [0.717, 1.165) is 24.0 Å². The van der Waals surface area contributed by atoms with Crippen LogP contribution in [0.15, 0.2) is 47.6 Å². The maximum absolute atomic E-state index is 13.4.